The minimum Gasteiger partial charge on any atom is -0.462 e. The van der Waals surface area contributed by atoms with Crippen molar-refractivity contribution in [3.8, 4) is 0 Å². The Labute approximate surface area is 98.6 Å². The number of esters is 1. The Kier molecular flexibility index (Phi) is 7.02. The minimum atomic E-state index is -0.568. The summed E-state index contributed by atoms with van der Waals surface area (Å²) in [6.07, 6.45) is 2.40. The molecule has 0 aliphatic carbocycles. The highest BCUT2D eigenvalue weighted by atomic mass is 16.5. The van der Waals surface area contributed by atoms with Crippen LogP contribution in [0.3, 0.4) is 0 Å². The number of hydrogen-bond donors (Lipinski definition) is 0. The number of hydrogen-bond acceptors (Lipinski definition) is 3. The molecule has 0 heterocycles. The van der Waals surface area contributed by atoms with Crippen LogP contribution in [0.1, 0.15) is 53.9 Å². The lowest BCUT2D eigenvalue weighted by atomic mass is 9.95. The van der Waals surface area contributed by atoms with Crippen LogP contribution in [0.25, 0.3) is 0 Å². The van der Waals surface area contributed by atoms with Crippen LogP contribution < -0.4 is 0 Å². The second-order valence-electron chi connectivity index (χ2n) is 4.97. The first-order valence-corrected chi connectivity index (χ1v) is 6.05. The van der Waals surface area contributed by atoms with E-state index in [0.717, 1.165) is 12.8 Å². The van der Waals surface area contributed by atoms with Crippen LogP contribution in [0.2, 0.25) is 0 Å². The number of carbonyl (C=O) groups excluding carboxylic acids is 2. The van der Waals surface area contributed by atoms with E-state index in [1.165, 1.54) is 6.92 Å². The van der Waals surface area contributed by atoms with Gasteiger partial charge in [-0.1, -0.05) is 26.7 Å². The molecule has 0 aromatic rings. The highest BCUT2D eigenvalue weighted by molar-refractivity contribution is 5.97. The van der Waals surface area contributed by atoms with E-state index in [1.54, 1.807) is 13.8 Å². The maximum Gasteiger partial charge on any atom is 0.316 e. The van der Waals surface area contributed by atoms with Crippen LogP contribution in [0.4, 0.5) is 0 Å². The lowest BCUT2D eigenvalue weighted by Crippen LogP contribution is -2.26. The fraction of sp³-hybridized carbons (Fsp3) is 0.846. The first-order valence-electron chi connectivity index (χ1n) is 6.05. The van der Waals surface area contributed by atoms with Crippen LogP contribution in [-0.2, 0) is 14.3 Å². The average molecular weight is 228 g/mol. The van der Waals surface area contributed by atoms with Gasteiger partial charge in [0, 0.05) is 0 Å². The fourth-order valence-corrected chi connectivity index (χ4v) is 1.53. The van der Waals surface area contributed by atoms with Gasteiger partial charge in [-0.05, 0) is 33.1 Å². The lowest BCUT2D eigenvalue weighted by Gasteiger charge is -2.15. The van der Waals surface area contributed by atoms with E-state index in [-0.39, 0.29) is 17.9 Å². The number of ether oxygens (including phenoxy) is 1. The molecule has 0 radical (unpaired) electrons. The molecule has 0 saturated heterocycles. The van der Waals surface area contributed by atoms with Gasteiger partial charge in [-0.2, -0.15) is 0 Å². The van der Waals surface area contributed by atoms with Gasteiger partial charge < -0.3 is 4.74 Å². The van der Waals surface area contributed by atoms with Gasteiger partial charge in [-0.25, -0.2) is 0 Å². The average Bonchev–Trinajstić information content (AvgIpc) is 2.09. The maximum atomic E-state index is 11.6. The Morgan fingerprint density at radius 1 is 1.06 bits per heavy atom. The summed E-state index contributed by atoms with van der Waals surface area (Å²) in [4.78, 5) is 23.0. The standard InChI is InChI=1S/C13H24O3/c1-9(2)7-6-8-12(11(5)14)13(15)16-10(3)4/h9-10,12H,6-8H2,1-5H3. The predicted octanol–water partition coefficient (Wildman–Crippen LogP) is 2.97. The molecule has 94 valence electrons. The van der Waals surface area contributed by atoms with E-state index in [9.17, 15) is 9.59 Å². The maximum absolute atomic E-state index is 11.6. The molecular formula is C13H24O3. The van der Waals surface area contributed by atoms with Crippen molar-refractivity contribution in [1.29, 1.82) is 0 Å². The summed E-state index contributed by atoms with van der Waals surface area (Å²) in [7, 11) is 0. The molecule has 0 aliphatic rings. The number of ketones is 1. The Balaban J connectivity index is 4.17. The van der Waals surface area contributed by atoms with Crippen molar-refractivity contribution in [3.63, 3.8) is 0 Å². The molecule has 0 spiro atoms. The normalized spacial score (nSPS) is 12.9. The summed E-state index contributed by atoms with van der Waals surface area (Å²) in [5.41, 5.74) is 0. The molecule has 0 aromatic carbocycles. The van der Waals surface area contributed by atoms with Gasteiger partial charge in [0.25, 0.3) is 0 Å². The number of rotatable bonds is 7. The van der Waals surface area contributed by atoms with Crippen LogP contribution in [-0.4, -0.2) is 17.9 Å². The second-order valence-corrected chi connectivity index (χ2v) is 4.97. The third-order valence-electron chi connectivity index (χ3n) is 2.40. The van der Waals surface area contributed by atoms with Gasteiger partial charge in [-0.3, -0.25) is 9.59 Å². The largest absolute Gasteiger partial charge is 0.462 e. The van der Waals surface area contributed by atoms with Crippen LogP contribution in [0, 0.1) is 11.8 Å². The van der Waals surface area contributed by atoms with Crippen molar-refractivity contribution >= 4 is 11.8 Å². The molecule has 0 saturated carbocycles. The summed E-state index contributed by atoms with van der Waals surface area (Å²) < 4.78 is 5.07. The SMILES string of the molecule is CC(=O)C(CCCC(C)C)C(=O)OC(C)C. The topological polar surface area (TPSA) is 43.4 Å². The van der Waals surface area contributed by atoms with Crippen molar-refractivity contribution in [3.05, 3.63) is 0 Å². The highest BCUT2D eigenvalue weighted by Gasteiger charge is 2.25. The Morgan fingerprint density at radius 2 is 1.62 bits per heavy atom. The second kappa shape index (κ2) is 7.42. The van der Waals surface area contributed by atoms with Crippen LogP contribution in [0.15, 0.2) is 0 Å². The van der Waals surface area contributed by atoms with Gasteiger partial charge >= 0.3 is 5.97 Å². The van der Waals surface area contributed by atoms with E-state index in [2.05, 4.69) is 13.8 Å². The lowest BCUT2D eigenvalue weighted by molar-refractivity contribution is -0.155. The zero-order valence-corrected chi connectivity index (χ0v) is 11.1. The molecule has 0 aromatic heterocycles. The van der Waals surface area contributed by atoms with Crippen LogP contribution in [0.5, 0.6) is 0 Å². The van der Waals surface area contributed by atoms with E-state index >= 15 is 0 Å². The van der Waals surface area contributed by atoms with Gasteiger partial charge in [0.2, 0.25) is 0 Å². The smallest absolute Gasteiger partial charge is 0.316 e. The van der Waals surface area contributed by atoms with Crippen molar-refractivity contribution < 1.29 is 14.3 Å². The van der Waals surface area contributed by atoms with E-state index < -0.39 is 5.92 Å². The quantitative estimate of drug-likeness (QED) is 0.497. The van der Waals surface area contributed by atoms with Crippen molar-refractivity contribution in [2.24, 2.45) is 11.8 Å². The van der Waals surface area contributed by atoms with Gasteiger partial charge in [0.15, 0.2) is 0 Å². The first-order chi connectivity index (χ1) is 7.34. The van der Waals surface area contributed by atoms with Gasteiger partial charge in [0.05, 0.1) is 6.10 Å². The van der Waals surface area contributed by atoms with Gasteiger partial charge in [-0.15, -0.1) is 0 Å². The van der Waals surface area contributed by atoms with E-state index in [1.807, 2.05) is 0 Å². The Hall–Kier alpha value is -0.860. The molecule has 0 aliphatic heterocycles. The molecular weight excluding hydrogens is 204 g/mol. The summed E-state index contributed by atoms with van der Waals surface area (Å²) in [5.74, 6) is -0.421. The molecule has 3 nitrogen and oxygen atoms in total. The first kappa shape index (κ1) is 15.1. The highest BCUT2D eigenvalue weighted by Crippen LogP contribution is 2.15. The zero-order chi connectivity index (χ0) is 12.7. The third kappa shape index (κ3) is 6.59. The predicted molar refractivity (Wildman–Crippen MR) is 64.1 cm³/mol. The van der Waals surface area contributed by atoms with E-state index in [4.69, 9.17) is 4.74 Å². The summed E-state index contributed by atoms with van der Waals surface area (Å²) >= 11 is 0. The zero-order valence-electron chi connectivity index (χ0n) is 11.1. The molecule has 1 unspecified atom stereocenters. The van der Waals surface area contributed by atoms with Crippen LogP contribution >= 0.6 is 0 Å². The molecule has 3 heteroatoms. The van der Waals surface area contributed by atoms with Crippen molar-refractivity contribution in [1.82, 2.24) is 0 Å². The summed E-state index contributed by atoms with van der Waals surface area (Å²) in [6.45, 7) is 9.32. The molecule has 0 bridgehead atoms. The minimum absolute atomic E-state index is 0.0885. The summed E-state index contributed by atoms with van der Waals surface area (Å²) in [5, 5.41) is 0. The van der Waals surface area contributed by atoms with E-state index in [0.29, 0.717) is 12.3 Å². The summed E-state index contributed by atoms with van der Waals surface area (Å²) in [6, 6.07) is 0. The van der Waals surface area contributed by atoms with Crippen molar-refractivity contribution in [2.75, 3.05) is 0 Å². The number of Topliss-reactive ketones (excluding diaryl/α,β-unsaturated/α-hetero) is 1. The Bertz CT molecular complexity index is 231. The third-order valence-corrected chi connectivity index (χ3v) is 2.40. The van der Waals surface area contributed by atoms with Gasteiger partial charge in [0.1, 0.15) is 11.7 Å². The molecule has 0 amide bonds. The molecule has 0 rings (SSSR count). The van der Waals surface area contributed by atoms with Crippen molar-refractivity contribution in [2.45, 2.75) is 60.0 Å². The molecule has 16 heavy (non-hydrogen) atoms. The monoisotopic (exact) mass is 228 g/mol. The number of carbonyl (C=O) groups is 2. The molecule has 0 N–H and O–H groups in total. The molecule has 0 fully saturated rings. The Morgan fingerprint density at radius 3 is 2.00 bits per heavy atom. The fourth-order valence-electron chi connectivity index (χ4n) is 1.53. The molecule has 1 atom stereocenters.